The lowest BCUT2D eigenvalue weighted by atomic mass is 10.1. The molecule has 0 bridgehead atoms. The molecule has 1 aliphatic heterocycles. The van der Waals surface area contributed by atoms with Crippen LogP contribution in [0.2, 0.25) is 0 Å². The third-order valence-electron chi connectivity index (χ3n) is 5.39. The van der Waals surface area contributed by atoms with Gasteiger partial charge in [-0.25, -0.2) is 9.19 Å². The van der Waals surface area contributed by atoms with Crippen molar-refractivity contribution in [3.05, 3.63) is 83.6 Å². The Bertz CT molecular complexity index is 1240. The number of aromatic nitrogens is 1. The Morgan fingerprint density at radius 2 is 1.94 bits per heavy atom. The first-order chi connectivity index (χ1) is 15.6. The molecule has 1 N–H and O–H groups in total. The molecule has 0 fully saturated rings. The minimum absolute atomic E-state index is 0.0885. The molecule has 1 amide bonds. The van der Waals surface area contributed by atoms with Crippen LogP contribution in [0, 0.1) is 0 Å². The van der Waals surface area contributed by atoms with Crippen molar-refractivity contribution < 1.29 is 23.2 Å². The molecule has 0 saturated carbocycles. The van der Waals surface area contributed by atoms with Crippen LogP contribution >= 0.6 is 0 Å². The average molecular weight is 449 g/mol. The molecule has 2 aliphatic rings. The van der Waals surface area contributed by atoms with E-state index in [9.17, 15) is 9.00 Å². The number of hydrogen-bond acceptors (Lipinski definition) is 6. The second kappa shape index (κ2) is 8.47. The van der Waals surface area contributed by atoms with Gasteiger partial charge in [-0.05, 0) is 48.2 Å². The van der Waals surface area contributed by atoms with Crippen molar-refractivity contribution >= 4 is 21.8 Å². The minimum atomic E-state index is -1.51. The Labute approximate surface area is 187 Å². The maximum Gasteiger partial charge on any atom is 0.257 e. The van der Waals surface area contributed by atoms with Crippen LogP contribution in [0.15, 0.2) is 66.9 Å². The zero-order valence-corrected chi connectivity index (χ0v) is 18.1. The van der Waals surface area contributed by atoms with E-state index >= 15 is 0 Å². The number of nitrogens with one attached hydrogen (secondary N) is 1. The van der Waals surface area contributed by atoms with Gasteiger partial charge < -0.3 is 14.2 Å². The summed E-state index contributed by atoms with van der Waals surface area (Å²) in [6.45, 7) is 0. The van der Waals surface area contributed by atoms with Crippen LogP contribution in [0.4, 0.5) is 0 Å². The minimum Gasteiger partial charge on any atom is -0.486 e. The summed E-state index contributed by atoms with van der Waals surface area (Å²) in [5, 5.41) is 0. The van der Waals surface area contributed by atoms with Crippen LogP contribution in [0.1, 0.15) is 29.2 Å². The van der Waals surface area contributed by atoms with E-state index in [0.29, 0.717) is 22.3 Å². The fraction of sp³-hybridized carbons (Fsp3) is 0.167. The highest BCUT2D eigenvalue weighted by molar-refractivity contribution is 7.93. The zero-order chi connectivity index (χ0) is 22.1. The third-order valence-corrected chi connectivity index (χ3v) is 6.53. The molecule has 7 nitrogen and oxygen atoms in total. The summed E-state index contributed by atoms with van der Waals surface area (Å²) in [5.41, 5.74) is 2.95. The van der Waals surface area contributed by atoms with Gasteiger partial charge >= 0.3 is 0 Å². The number of carbonyl (C=O) groups is 1. The van der Waals surface area contributed by atoms with Gasteiger partial charge in [0.25, 0.3) is 5.91 Å². The Morgan fingerprint density at radius 3 is 2.69 bits per heavy atom. The summed E-state index contributed by atoms with van der Waals surface area (Å²) in [5.74, 6) is 2.32. The molecule has 5 rings (SSSR count). The number of amides is 1. The van der Waals surface area contributed by atoms with Crippen molar-refractivity contribution in [1.82, 2.24) is 9.71 Å². The van der Waals surface area contributed by atoms with Crippen molar-refractivity contribution in [2.75, 3.05) is 7.11 Å². The maximum atomic E-state index is 11.9. The molecule has 2 aromatic carbocycles. The molecule has 8 heteroatoms. The fourth-order valence-corrected chi connectivity index (χ4v) is 4.81. The molecular weight excluding hydrogens is 428 g/mol. The number of methoxy groups -OCH3 is 1. The summed E-state index contributed by atoms with van der Waals surface area (Å²) in [6.07, 6.45) is 4.60. The van der Waals surface area contributed by atoms with Gasteiger partial charge in [0.05, 0.1) is 12.0 Å². The van der Waals surface area contributed by atoms with Gasteiger partial charge in [0.1, 0.15) is 23.4 Å². The quantitative estimate of drug-likeness (QED) is 0.611. The Hall–Kier alpha value is -3.65. The van der Waals surface area contributed by atoms with Crippen molar-refractivity contribution in [3.63, 3.8) is 0 Å². The SMILES string of the molecule is COc1cc(Oc2cccc3c2CCC3Oc2ccc(C3=CC(=O)NS3=O)cc2)ccn1. The number of benzene rings is 2. The second-order valence-corrected chi connectivity index (χ2v) is 8.55. The number of ether oxygens (including phenoxy) is 3. The summed E-state index contributed by atoms with van der Waals surface area (Å²) in [7, 11) is 0.0619. The molecule has 32 heavy (non-hydrogen) atoms. The van der Waals surface area contributed by atoms with Gasteiger partial charge in [-0.3, -0.25) is 9.52 Å². The highest BCUT2D eigenvalue weighted by Gasteiger charge is 2.27. The van der Waals surface area contributed by atoms with Crippen molar-refractivity contribution in [1.29, 1.82) is 0 Å². The first-order valence-corrected chi connectivity index (χ1v) is 11.3. The Morgan fingerprint density at radius 1 is 1.09 bits per heavy atom. The van der Waals surface area contributed by atoms with Crippen molar-refractivity contribution in [2.45, 2.75) is 18.9 Å². The van der Waals surface area contributed by atoms with Crippen LogP contribution in [0.25, 0.3) is 4.91 Å². The lowest BCUT2D eigenvalue weighted by molar-refractivity contribution is -0.114. The Balaban J connectivity index is 1.33. The zero-order valence-electron chi connectivity index (χ0n) is 17.2. The molecule has 1 aromatic heterocycles. The van der Waals surface area contributed by atoms with Crippen LogP contribution in [0.3, 0.4) is 0 Å². The highest BCUT2D eigenvalue weighted by atomic mass is 32.2. The molecule has 0 radical (unpaired) electrons. The van der Waals surface area contributed by atoms with E-state index in [-0.39, 0.29) is 12.0 Å². The molecule has 0 saturated heterocycles. The van der Waals surface area contributed by atoms with E-state index in [1.165, 1.54) is 6.08 Å². The Kier molecular flexibility index (Phi) is 5.36. The molecule has 2 atom stereocenters. The normalized spacial score (nSPS) is 19.2. The molecule has 0 spiro atoms. The van der Waals surface area contributed by atoms with E-state index < -0.39 is 11.0 Å². The molecule has 2 heterocycles. The maximum absolute atomic E-state index is 11.9. The summed E-state index contributed by atoms with van der Waals surface area (Å²) in [6, 6.07) is 16.8. The highest BCUT2D eigenvalue weighted by Crippen LogP contribution is 2.41. The largest absolute Gasteiger partial charge is 0.486 e. The predicted molar refractivity (Wildman–Crippen MR) is 120 cm³/mol. The molecule has 2 unspecified atom stereocenters. The number of fused-ring (bicyclic) bond motifs is 1. The van der Waals surface area contributed by atoms with E-state index in [4.69, 9.17) is 14.2 Å². The van der Waals surface area contributed by atoms with Gasteiger partial charge in [0, 0.05) is 23.9 Å². The fourth-order valence-electron chi connectivity index (χ4n) is 3.89. The number of hydrogen-bond donors (Lipinski definition) is 1. The molecule has 162 valence electrons. The van der Waals surface area contributed by atoms with Crippen LogP contribution in [-0.2, 0) is 22.2 Å². The van der Waals surface area contributed by atoms with E-state index in [1.807, 2.05) is 36.4 Å². The predicted octanol–water partition coefficient (Wildman–Crippen LogP) is 4.08. The van der Waals surface area contributed by atoms with Gasteiger partial charge in [-0.1, -0.05) is 24.3 Å². The first kappa shape index (κ1) is 20.3. The monoisotopic (exact) mass is 448 g/mol. The molecule has 1 aliphatic carbocycles. The van der Waals surface area contributed by atoms with E-state index in [0.717, 1.165) is 35.3 Å². The number of pyridine rings is 1. The first-order valence-electron chi connectivity index (χ1n) is 10.1. The van der Waals surface area contributed by atoms with Gasteiger partial charge in [-0.15, -0.1) is 0 Å². The second-order valence-electron chi connectivity index (χ2n) is 7.37. The van der Waals surface area contributed by atoms with Gasteiger partial charge in [-0.2, -0.15) is 0 Å². The van der Waals surface area contributed by atoms with Crippen LogP contribution in [-0.4, -0.2) is 22.2 Å². The average Bonchev–Trinajstić information content (AvgIpc) is 3.37. The van der Waals surface area contributed by atoms with Gasteiger partial charge in [0.2, 0.25) is 5.88 Å². The standard InChI is InChI=1S/C24H20N2O5S/c1-29-24-13-17(11-12-25-24)31-20-4-2-3-18-19(20)9-10-21(18)30-16-7-5-15(6-8-16)22-14-23(27)26-32(22)28/h2-8,11-14,21H,9-10H2,1H3,(H,26,27). The topological polar surface area (TPSA) is 86.8 Å². The third kappa shape index (κ3) is 3.97. The van der Waals surface area contributed by atoms with Crippen molar-refractivity contribution in [2.24, 2.45) is 0 Å². The molecule has 3 aromatic rings. The summed E-state index contributed by atoms with van der Waals surface area (Å²) >= 11 is 0. The van der Waals surface area contributed by atoms with Crippen LogP contribution in [0.5, 0.6) is 23.1 Å². The number of carbonyl (C=O) groups excluding carboxylic acids is 1. The smallest absolute Gasteiger partial charge is 0.257 e. The lowest BCUT2D eigenvalue weighted by Gasteiger charge is -2.16. The van der Waals surface area contributed by atoms with Gasteiger partial charge in [0.15, 0.2) is 11.0 Å². The summed E-state index contributed by atoms with van der Waals surface area (Å²) < 4.78 is 31.8. The summed E-state index contributed by atoms with van der Waals surface area (Å²) in [4.78, 5) is 16.0. The van der Waals surface area contributed by atoms with Crippen LogP contribution < -0.4 is 18.9 Å². The number of nitrogens with zero attached hydrogens (tertiary/aromatic N) is 1. The van der Waals surface area contributed by atoms with Crippen molar-refractivity contribution in [3.8, 4) is 23.1 Å². The van der Waals surface area contributed by atoms with E-state index in [1.54, 1.807) is 25.4 Å². The molecular formula is C24H20N2O5S. The van der Waals surface area contributed by atoms with E-state index in [2.05, 4.69) is 15.8 Å². The number of rotatable bonds is 6. The lowest BCUT2D eigenvalue weighted by Crippen LogP contribution is -2.16.